The molecule has 188 valence electrons. The zero-order chi connectivity index (χ0) is 22.3. The molecule has 0 saturated carbocycles. The Balaban J connectivity index is 0. The summed E-state index contributed by atoms with van der Waals surface area (Å²) in [6.45, 7) is 6.34. The normalized spacial score (nSPS) is 12.2. The van der Waals surface area contributed by atoms with E-state index in [1.165, 1.54) is 141 Å². The average Bonchev–Trinajstić information content (AvgIpc) is 2.74. The van der Waals surface area contributed by atoms with Crippen LogP contribution >= 0.6 is 0 Å². The summed E-state index contributed by atoms with van der Waals surface area (Å²) in [5.41, 5.74) is 0. The van der Waals surface area contributed by atoms with Gasteiger partial charge in [0.25, 0.3) is 0 Å². The lowest BCUT2D eigenvalue weighted by Gasteiger charge is -2.22. The summed E-state index contributed by atoms with van der Waals surface area (Å²) < 4.78 is 0. The summed E-state index contributed by atoms with van der Waals surface area (Å²) in [5, 5.41) is 0. The van der Waals surface area contributed by atoms with Crippen LogP contribution in [0.3, 0.4) is 0 Å². The first kappa shape index (κ1) is 33.1. The third-order valence-corrected chi connectivity index (χ3v) is 6.98. The number of halogens is 1. The van der Waals surface area contributed by atoms with E-state index in [4.69, 9.17) is 0 Å². The van der Waals surface area contributed by atoms with Crippen molar-refractivity contribution in [1.82, 2.24) is 0 Å². The van der Waals surface area contributed by atoms with Crippen LogP contribution in [0.15, 0.2) is 0 Å². The molecule has 0 aromatic carbocycles. The van der Waals surface area contributed by atoms with E-state index in [1.807, 2.05) is 0 Å². The Hall–Kier alpha value is -0.0800. The largest absolute Gasteiger partial charge is 1.00 e. The molecule has 0 radical (unpaired) electrons. The highest BCUT2D eigenvalue weighted by Crippen LogP contribution is 2.15. The predicted octanol–water partition coefficient (Wildman–Crippen LogP) is 5.04. The first-order chi connectivity index (χ1) is 14.6. The van der Waals surface area contributed by atoms with Gasteiger partial charge in [0.2, 0.25) is 0 Å². The van der Waals surface area contributed by atoms with E-state index in [9.17, 15) is 4.79 Å². The number of carbonyl (C=O) groups is 1. The Morgan fingerprint density at radius 2 is 0.806 bits per heavy atom. The van der Waals surface area contributed by atoms with Gasteiger partial charge < -0.3 is 12.4 Å². The second-order valence-electron chi connectivity index (χ2n) is 9.88. The molecule has 31 heavy (non-hydrogen) atoms. The molecule has 0 bridgehead atoms. The lowest BCUT2D eigenvalue weighted by atomic mass is 9.98. The summed E-state index contributed by atoms with van der Waals surface area (Å²) in [6, 6.07) is 0.547. The predicted molar refractivity (Wildman–Crippen MR) is 134 cm³/mol. The minimum absolute atomic E-state index is 0. The third-order valence-electron chi connectivity index (χ3n) is 6.98. The van der Waals surface area contributed by atoms with Gasteiger partial charge in [0.1, 0.15) is 0 Å². The van der Waals surface area contributed by atoms with E-state index in [0.29, 0.717) is 11.9 Å². The van der Waals surface area contributed by atoms with Crippen molar-refractivity contribution in [3.05, 3.63) is 0 Å². The van der Waals surface area contributed by atoms with Crippen LogP contribution in [-0.4, -0.2) is 19.0 Å². The number of amides is 1. The van der Waals surface area contributed by atoms with E-state index >= 15 is 0 Å². The van der Waals surface area contributed by atoms with Crippen molar-refractivity contribution in [2.24, 2.45) is 0 Å². The molecule has 0 aromatic heterocycles. The number of hydrogen-bond donors (Lipinski definition) is 1. The molecule has 0 fully saturated rings. The molecule has 1 N–H and O–H groups in total. The fourth-order valence-electron chi connectivity index (χ4n) is 4.62. The molecule has 0 aliphatic rings. The van der Waals surface area contributed by atoms with Crippen LogP contribution in [0.2, 0.25) is 0 Å². The van der Waals surface area contributed by atoms with Crippen LogP contribution < -0.4 is 17.3 Å². The number of rotatable bonds is 23. The van der Waals surface area contributed by atoms with Crippen molar-refractivity contribution >= 4 is 5.91 Å². The molecular weight excluding hydrogens is 402 g/mol. The van der Waals surface area contributed by atoms with Gasteiger partial charge in [-0.3, -0.25) is 4.90 Å². The maximum absolute atomic E-state index is 11.9. The molecule has 1 amide bonds. The van der Waals surface area contributed by atoms with Gasteiger partial charge in [-0.2, -0.15) is 0 Å². The summed E-state index contributed by atoms with van der Waals surface area (Å²) in [6.07, 6.45) is 30.3. The summed E-state index contributed by atoms with van der Waals surface area (Å²) in [7, 11) is 2.10. The van der Waals surface area contributed by atoms with Gasteiger partial charge in [0.05, 0.1) is 20.0 Å². The molecule has 1 atom stereocenters. The first-order valence-corrected chi connectivity index (χ1v) is 14.0. The molecule has 2 nitrogen and oxygen atoms in total. The monoisotopic (exact) mass is 459 g/mol. The second kappa shape index (κ2) is 26.2. The van der Waals surface area contributed by atoms with Crippen molar-refractivity contribution in [1.29, 1.82) is 0 Å². The van der Waals surface area contributed by atoms with Gasteiger partial charge in [-0.1, -0.05) is 129 Å². The SMILES string of the molecule is CCCCCCCCCCCCC(CCCCCCCCCCCC)[NH+](C)C(C)=O.[Cl-]. The fourth-order valence-corrected chi connectivity index (χ4v) is 4.62. The van der Waals surface area contributed by atoms with Gasteiger partial charge in [0.15, 0.2) is 0 Å². The number of hydrogen-bond acceptors (Lipinski definition) is 1. The number of nitrogens with one attached hydrogen (secondary N) is 1. The summed E-state index contributed by atoms with van der Waals surface area (Å²) in [5.74, 6) is 0.319. The van der Waals surface area contributed by atoms with Crippen molar-refractivity contribution in [2.45, 2.75) is 168 Å². The fraction of sp³-hybridized carbons (Fsp3) is 0.964. The third kappa shape index (κ3) is 22.9. The van der Waals surface area contributed by atoms with Crippen molar-refractivity contribution in [2.75, 3.05) is 7.05 Å². The highest BCUT2D eigenvalue weighted by Gasteiger charge is 2.21. The average molecular weight is 460 g/mol. The van der Waals surface area contributed by atoms with Gasteiger partial charge in [0, 0.05) is 0 Å². The van der Waals surface area contributed by atoms with Crippen molar-refractivity contribution in [3.63, 3.8) is 0 Å². The molecule has 0 aliphatic carbocycles. The number of unbranched alkanes of at least 4 members (excludes halogenated alkanes) is 18. The Bertz CT molecular complexity index is 337. The second-order valence-corrected chi connectivity index (χ2v) is 9.88. The van der Waals surface area contributed by atoms with Crippen molar-refractivity contribution < 1.29 is 22.1 Å². The molecule has 0 aliphatic heterocycles. The molecule has 0 spiro atoms. The summed E-state index contributed by atoms with van der Waals surface area (Å²) >= 11 is 0. The Morgan fingerprint density at radius 3 is 1.06 bits per heavy atom. The highest BCUT2D eigenvalue weighted by atomic mass is 35.5. The van der Waals surface area contributed by atoms with E-state index < -0.39 is 0 Å². The smallest absolute Gasteiger partial charge is 0.308 e. The molecule has 3 heteroatoms. The standard InChI is InChI=1S/C28H57NO.ClH/c1-5-7-9-11-13-15-17-19-21-23-25-28(29(4)27(3)30)26-24-22-20-18-16-14-12-10-8-6-2;/h28H,5-26H2,1-4H3;1H. The van der Waals surface area contributed by atoms with Crippen LogP contribution in [0.4, 0.5) is 0 Å². The molecule has 0 saturated heterocycles. The van der Waals surface area contributed by atoms with E-state index in [-0.39, 0.29) is 12.4 Å². The number of carbonyl (C=O) groups excluding carboxylic acids is 1. The maximum Gasteiger partial charge on any atom is 0.308 e. The van der Waals surface area contributed by atoms with Gasteiger partial charge in [-0.05, 0) is 25.7 Å². The first-order valence-electron chi connectivity index (χ1n) is 14.0. The van der Waals surface area contributed by atoms with E-state index in [0.717, 1.165) is 4.90 Å². The topological polar surface area (TPSA) is 21.5 Å². The summed E-state index contributed by atoms with van der Waals surface area (Å²) in [4.78, 5) is 13.1. The van der Waals surface area contributed by atoms with Crippen LogP contribution in [-0.2, 0) is 4.79 Å². The molecule has 0 rings (SSSR count). The zero-order valence-electron chi connectivity index (χ0n) is 21.9. The van der Waals surface area contributed by atoms with E-state index in [1.54, 1.807) is 6.92 Å². The Morgan fingerprint density at radius 1 is 0.548 bits per heavy atom. The minimum atomic E-state index is 0. The van der Waals surface area contributed by atoms with Gasteiger partial charge in [-0.15, -0.1) is 0 Å². The number of quaternary nitrogens is 1. The van der Waals surface area contributed by atoms with Crippen LogP contribution in [0.1, 0.15) is 162 Å². The minimum Gasteiger partial charge on any atom is -1.00 e. The molecule has 1 unspecified atom stereocenters. The lowest BCUT2D eigenvalue weighted by Crippen LogP contribution is -3.15. The van der Waals surface area contributed by atoms with Crippen LogP contribution in [0.5, 0.6) is 0 Å². The highest BCUT2D eigenvalue weighted by molar-refractivity contribution is 5.63. The molecular formula is C28H58ClNO. The van der Waals surface area contributed by atoms with Crippen molar-refractivity contribution in [3.8, 4) is 0 Å². The Labute approximate surface area is 203 Å². The van der Waals surface area contributed by atoms with Gasteiger partial charge in [-0.25, -0.2) is 4.79 Å². The Kier molecular flexibility index (Phi) is 27.9. The zero-order valence-corrected chi connectivity index (χ0v) is 22.7. The van der Waals surface area contributed by atoms with Gasteiger partial charge >= 0.3 is 5.91 Å². The van der Waals surface area contributed by atoms with E-state index in [2.05, 4.69) is 20.9 Å². The maximum atomic E-state index is 11.9. The van der Waals surface area contributed by atoms with Crippen LogP contribution in [0.25, 0.3) is 0 Å². The molecule has 0 aromatic rings. The lowest BCUT2D eigenvalue weighted by molar-refractivity contribution is -0.827. The molecule has 0 heterocycles. The quantitative estimate of drug-likeness (QED) is 0.212. The van der Waals surface area contributed by atoms with Crippen LogP contribution in [0, 0.1) is 0 Å².